The molecule has 0 aliphatic carbocycles. The summed E-state index contributed by atoms with van der Waals surface area (Å²) in [7, 11) is 0. The molecular weight excluding hydrogens is 178 g/mol. The molecule has 3 nitrogen and oxygen atoms in total. The lowest BCUT2D eigenvalue weighted by molar-refractivity contribution is -0.149. The topological polar surface area (TPSA) is 38.3 Å². The van der Waals surface area contributed by atoms with Crippen molar-refractivity contribution in [3.63, 3.8) is 0 Å². The summed E-state index contributed by atoms with van der Waals surface area (Å²) in [5.74, 6) is -0.304. The fourth-order valence-corrected chi connectivity index (χ4v) is 0.929. The van der Waals surface area contributed by atoms with Gasteiger partial charge in [-0.15, -0.1) is 0 Å². The van der Waals surface area contributed by atoms with Gasteiger partial charge in [0.1, 0.15) is 5.60 Å². The summed E-state index contributed by atoms with van der Waals surface area (Å²) >= 11 is 0. The van der Waals surface area contributed by atoms with Crippen LogP contribution in [0.25, 0.3) is 0 Å². The van der Waals surface area contributed by atoms with Gasteiger partial charge in [0.2, 0.25) is 0 Å². The van der Waals surface area contributed by atoms with Gasteiger partial charge < -0.3 is 10.1 Å². The first-order chi connectivity index (χ1) is 6.49. The predicted octanol–water partition coefficient (Wildman–Crippen LogP) is 1.89. The van der Waals surface area contributed by atoms with Crippen LogP contribution in [0.1, 0.15) is 20.8 Å². The molecule has 1 heterocycles. The number of nitrogens with one attached hydrogen (secondary N) is 1. The molecule has 0 radical (unpaired) electrons. The highest BCUT2D eigenvalue weighted by molar-refractivity contribution is 5.92. The molecule has 1 rings (SSSR count). The number of hydrogen-bond acceptors (Lipinski definition) is 3. The fourth-order valence-electron chi connectivity index (χ4n) is 0.929. The number of carbonyl (C=O) groups is 1. The normalized spacial score (nSPS) is 15.5. The van der Waals surface area contributed by atoms with Gasteiger partial charge in [-0.25, -0.2) is 4.79 Å². The van der Waals surface area contributed by atoms with Gasteiger partial charge in [0.05, 0.1) is 5.57 Å². The van der Waals surface area contributed by atoms with E-state index in [9.17, 15) is 4.79 Å². The fraction of sp³-hybridized carbons (Fsp3) is 0.364. The molecule has 0 amide bonds. The summed E-state index contributed by atoms with van der Waals surface area (Å²) in [5.41, 5.74) is 0.0936. The number of ether oxygens (including phenoxy) is 1. The van der Waals surface area contributed by atoms with Crippen LogP contribution in [0.2, 0.25) is 0 Å². The Kier molecular flexibility index (Phi) is 3.12. The van der Waals surface area contributed by atoms with Gasteiger partial charge in [-0.2, -0.15) is 0 Å². The van der Waals surface area contributed by atoms with Gasteiger partial charge in [0, 0.05) is 12.4 Å². The molecule has 0 unspecified atom stereocenters. The Balaban J connectivity index is 2.69. The molecule has 0 spiro atoms. The number of carbonyl (C=O) groups excluding carboxylic acids is 1. The van der Waals surface area contributed by atoms with Crippen molar-refractivity contribution in [2.24, 2.45) is 0 Å². The summed E-state index contributed by atoms with van der Waals surface area (Å²) in [5, 5.41) is 2.87. The molecule has 3 heteroatoms. The molecule has 0 aromatic heterocycles. The Labute approximate surface area is 84.1 Å². The number of esters is 1. The molecular formula is C11H15NO2. The van der Waals surface area contributed by atoms with Crippen LogP contribution in [-0.2, 0) is 9.53 Å². The average molecular weight is 193 g/mol. The highest BCUT2D eigenvalue weighted by Gasteiger charge is 2.18. The number of allylic oxidation sites excluding steroid dienone is 2. The standard InChI is InChI=1S/C11H15NO2/c1-11(2,3)14-10(13)9-5-4-7-12-8-6-9/h4-8,12H,1-3H3. The molecule has 1 aliphatic heterocycles. The van der Waals surface area contributed by atoms with Crippen LogP contribution in [0.15, 0.2) is 36.2 Å². The van der Waals surface area contributed by atoms with E-state index in [1.165, 1.54) is 0 Å². The second-order valence-corrected chi connectivity index (χ2v) is 3.98. The minimum absolute atomic E-state index is 0.304. The zero-order chi connectivity index (χ0) is 10.6. The molecule has 0 aromatic carbocycles. The van der Waals surface area contributed by atoms with E-state index in [0.717, 1.165) is 0 Å². The van der Waals surface area contributed by atoms with E-state index in [2.05, 4.69) is 5.32 Å². The number of hydrogen-bond donors (Lipinski definition) is 1. The van der Waals surface area contributed by atoms with E-state index in [1.54, 1.807) is 30.6 Å². The zero-order valence-electron chi connectivity index (χ0n) is 8.70. The summed E-state index contributed by atoms with van der Waals surface area (Å²) in [4.78, 5) is 11.6. The van der Waals surface area contributed by atoms with Gasteiger partial charge in [0.15, 0.2) is 0 Å². The van der Waals surface area contributed by atoms with E-state index in [0.29, 0.717) is 5.57 Å². The van der Waals surface area contributed by atoms with Crippen molar-refractivity contribution in [3.8, 4) is 0 Å². The quantitative estimate of drug-likeness (QED) is 0.646. The van der Waals surface area contributed by atoms with Crippen molar-refractivity contribution < 1.29 is 9.53 Å². The van der Waals surface area contributed by atoms with Crippen LogP contribution in [0.3, 0.4) is 0 Å². The van der Waals surface area contributed by atoms with Crippen molar-refractivity contribution in [1.82, 2.24) is 5.32 Å². The van der Waals surface area contributed by atoms with E-state index in [4.69, 9.17) is 4.74 Å². The molecule has 1 aliphatic rings. The highest BCUT2D eigenvalue weighted by atomic mass is 16.6. The van der Waals surface area contributed by atoms with Gasteiger partial charge in [-0.1, -0.05) is 0 Å². The van der Waals surface area contributed by atoms with Crippen LogP contribution in [0.5, 0.6) is 0 Å². The minimum atomic E-state index is -0.449. The van der Waals surface area contributed by atoms with Crippen molar-refractivity contribution in [3.05, 3.63) is 36.2 Å². The summed E-state index contributed by atoms with van der Waals surface area (Å²) in [6.45, 7) is 5.54. The first-order valence-corrected chi connectivity index (χ1v) is 4.52. The Hall–Kier alpha value is -1.51. The lowest BCUT2D eigenvalue weighted by atomic mass is 10.2. The molecule has 1 N–H and O–H groups in total. The monoisotopic (exact) mass is 193 g/mol. The van der Waals surface area contributed by atoms with Crippen LogP contribution in [0.4, 0.5) is 0 Å². The largest absolute Gasteiger partial charge is 0.456 e. The Morgan fingerprint density at radius 2 is 2.07 bits per heavy atom. The van der Waals surface area contributed by atoms with Crippen molar-refractivity contribution >= 4 is 5.97 Å². The predicted molar refractivity (Wildman–Crippen MR) is 55.3 cm³/mol. The van der Waals surface area contributed by atoms with E-state index in [1.807, 2.05) is 20.8 Å². The molecule has 0 aromatic rings. The van der Waals surface area contributed by atoms with Crippen molar-refractivity contribution in [2.45, 2.75) is 26.4 Å². The molecule has 0 bridgehead atoms. The summed E-state index contributed by atoms with van der Waals surface area (Å²) < 4.78 is 5.21. The Bertz CT molecular complexity index is 306. The van der Waals surface area contributed by atoms with Crippen LogP contribution in [-0.4, -0.2) is 11.6 Å². The van der Waals surface area contributed by atoms with E-state index in [-0.39, 0.29) is 5.97 Å². The second kappa shape index (κ2) is 4.13. The molecule has 14 heavy (non-hydrogen) atoms. The summed E-state index contributed by atoms with van der Waals surface area (Å²) in [6.07, 6.45) is 8.60. The van der Waals surface area contributed by atoms with Crippen molar-refractivity contribution in [2.75, 3.05) is 0 Å². The minimum Gasteiger partial charge on any atom is -0.456 e. The third-order valence-corrected chi connectivity index (χ3v) is 1.46. The maximum atomic E-state index is 11.6. The van der Waals surface area contributed by atoms with Gasteiger partial charge >= 0.3 is 5.97 Å². The van der Waals surface area contributed by atoms with E-state index < -0.39 is 5.60 Å². The number of rotatable bonds is 1. The second-order valence-electron chi connectivity index (χ2n) is 3.98. The summed E-state index contributed by atoms with van der Waals surface area (Å²) in [6, 6.07) is 0. The Morgan fingerprint density at radius 3 is 2.71 bits per heavy atom. The van der Waals surface area contributed by atoms with E-state index >= 15 is 0 Å². The molecule has 76 valence electrons. The molecule has 0 saturated heterocycles. The molecule has 0 fully saturated rings. The smallest absolute Gasteiger partial charge is 0.338 e. The third-order valence-electron chi connectivity index (χ3n) is 1.46. The first-order valence-electron chi connectivity index (χ1n) is 4.52. The molecule has 0 atom stereocenters. The third kappa shape index (κ3) is 3.47. The van der Waals surface area contributed by atoms with Crippen LogP contribution >= 0.6 is 0 Å². The highest BCUT2D eigenvalue weighted by Crippen LogP contribution is 2.12. The lowest BCUT2D eigenvalue weighted by Gasteiger charge is -2.19. The maximum absolute atomic E-state index is 11.6. The molecule has 0 saturated carbocycles. The lowest BCUT2D eigenvalue weighted by Crippen LogP contribution is -2.24. The van der Waals surface area contributed by atoms with Gasteiger partial charge in [-0.3, -0.25) is 0 Å². The zero-order valence-corrected chi connectivity index (χ0v) is 8.70. The first kappa shape index (κ1) is 10.6. The van der Waals surface area contributed by atoms with Gasteiger partial charge in [0.25, 0.3) is 0 Å². The Morgan fingerprint density at radius 1 is 1.36 bits per heavy atom. The van der Waals surface area contributed by atoms with Crippen molar-refractivity contribution in [1.29, 1.82) is 0 Å². The SMILES string of the molecule is CC(C)(C)OC(=O)C1=CC=CNC=C1. The van der Waals surface area contributed by atoms with Crippen LogP contribution < -0.4 is 5.32 Å². The average Bonchev–Trinajstić information content (AvgIpc) is 2.27. The van der Waals surface area contributed by atoms with Crippen LogP contribution in [0, 0.1) is 0 Å². The maximum Gasteiger partial charge on any atom is 0.338 e. The van der Waals surface area contributed by atoms with Gasteiger partial charge in [-0.05, 0) is 39.0 Å².